The zero-order valence-electron chi connectivity index (χ0n) is 17.4. The van der Waals surface area contributed by atoms with Crippen molar-refractivity contribution in [1.82, 2.24) is 14.8 Å². The summed E-state index contributed by atoms with van der Waals surface area (Å²) in [6, 6.07) is 34.5. The van der Waals surface area contributed by atoms with Gasteiger partial charge in [-0.3, -0.25) is 0 Å². The lowest BCUT2D eigenvalue weighted by molar-refractivity contribution is -0.191. The zero-order valence-corrected chi connectivity index (χ0v) is 17.4. The Bertz CT molecular complexity index is 1390. The van der Waals surface area contributed by atoms with Gasteiger partial charge in [0.15, 0.2) is 11.6 Å². The molecule has 5 rings (SSSR count). The van der Waals surface area contributed by atoms with E-state index >= 15 is 0 Å². The third-order valence-electron chi connectivity index (χ3n) is 4.92. The Labute approximate surface area is 189 Å². The van der Waals surface area contributed by atoms with Crippen molar-refractivity contribution in [3.8, 4) is 39.6 Å². The third-order valence-corrected chi connectivity index (χ3v) is 4.92. The fourth-order valence-electron chi connectivity index (χ4n) is 3.46. The molecular weight excluding hydrogens is 417 g/mol. The molecule has 0 aliphatic rings. The Morgan fingerprint density at radius 1 is 0.636 bits per heavy atom. The number of aromatic nitrogens is 3. The second-order valence-electron chi connectivity index (χ2n) is 7.05. The van der Waals surface area contributed by atoms with Crippen LogP contribution in [0.4, 0.5) is 4.39 Å². The van der Waals surface area contributed by atoms with E-state index in [0.717, 1.165) is 22.3 Å². The maximum absolute atomic E-state index is 13.9. The van der Waals surface area contributed by atoms with E-state index in [-0.39, 0.29) is 12.0 Å². The maximum atomic E-state index is 13.9. The minimum Gasteiger partial charge on any atom is -0.213 e. The molecule has 0 aliphatic carbocycles. The lowest BCUT2D eigenvalue weighted by Gasteiger charge is -2.05. The number of hydrogen-bond acceptors (Lipinski definition) is 4. The number of hydrogen-bond donors (Lipinski definition) is 0. The molecule has 5 aromatic rings. The molecule has 33 heavy (non-hydrogen) atoms. The van der Waals surface area contributed by atoms with Crippen LogP contribution in [0.25, 0.3) is 39.6 Å². The summed E-state index contributed by atoms with van der Waals surface area (Å²) in [5.41, 5.74) is 4.68. The smallest absolute Gasteiger partial charge is 0.213 e. The van der Waals surface area contributed by atoms with Gasteiger partial charge in [0.1, 0.15) is 5.82 Å². The van der Waals surface area contributed by atoms with Crippen molar-refractivity contribution in [1.29, 1.82) is 0 Å². The van der Waals surface area contributed by atoms with E-state index < -0.39 is 0 Å². The first kappa shape index (κ1) is 21.6. The number of rotatable bonds is 4. The number of halogens is 1. The summed E-state index contributed by atoms with van der Waals surface area (Å²) in [6.45, 7) is 0. The van der Waals surface area contributed by atoms with Gasteiger partial charge in [-0.05, 0) is 35.4 Å². The van der Waals surface area contributed by atoms with Gasteiger partial charge in [-0.1, -0.05) is 84.9 Å². The Morgan fingerprint density at radius 2 is 1.21 bits per heavy atom. The van der Waals surface area contributed by atoms with Crippen LogP contribution in [0.15, 0.2) is 109 Å². The van der Waals surface area contributed by atoms with Crippen molar-refractivity contribution in [3.63, 3.8) is 0 Å². The first-order chi connectivity index (χ1) is 16.2. The molecule has 0 fully saturated rings. The van der Waals surface area contributed by atoms with Crippen LogP contribution in [0.3, 0.4) is 0 Å². The summed E-state index contributed by atoms with van der Waals surface area (Å²) < 4.78 is 15.6. The van der Waals surface area contributed by atoms with Gasteiger partial charge in [0.2, 0.25) is 0 Å². The van der Waals surface area contributed by atoms with E-state index in [1.165, 1.54) is 12.1 Å². The fourth-order valence-corrected chi connectivity index (χ4v) is 3.46. The highest BCUT2D eigenvalue weighted by Crippen LogP contribution is 2.28. The average Bonchev–Trinajstić information content (AvgIpc) is 3.32. The van der Waals surface area contributed by atoms with Crippen LogP contribution in [0.1, 0.15) is 0 Å². The molecule has 0 aliphatic heterocycles. The SMILES string of the molecule is Fc1cccc(-n2nc(-c3cccc(-c4ccccc4)c3)nc2-c2ccccc2)c1.O=C=O. The standard InChI is InChI=1S/C26H18FN3.CO2/c27-23-15-8-16-24(18-23)30-26(20-11-5-2-6-12-20)28-25(29-30)22-14-7-13-21(17-22)19-9-3-1-4-10-19;2-1-3/h1-18H;. The van der Waals surface area contributed by atoms with E-state index in [1.54, 1.807) is 10.7 Å². The first-order valence-electron chi connectivity index (χ1n) is 10.1. The van der Waals surface area contributed by atoms with Crippen LogP contribution in [-0.4, -0.2) is 20.9 Å². The highest BCUT2D eigenvalue weighted by atomic mass is 19.1. The fraction of sp³-hybridized carbons (Fsp3) is 0. The summed E-state index contributed by atoms with van der Waals surface area (Å²) in [5, 5.41) is 4.74. The summed E-state index contributed by atoms with van der Waals surface area (Å²) in [6.07, 6.45) is 0.250. The molecule has 0 amide bonds. The van der Waals surface area contributed by atoms with Gasteiger partial charge >= 0.3 is 6.15 Å². The molecule has 160 valence electrons. The van der Waals surface area contributed by atoms with Crippen LogP contribution in [0, 0.1) is 5.82 Å². The van der Waals surface area contributed by atoms with Gasteiger partial charge in [0, 0.05) is 11.1 Å². The molecule has 0 saturated heterocycles. The van der Waals surface area contributed by atoms with Gasteiger partial charge in [0.05, 0.1) is 5.69 Å². The largest absolute Gasteiger partial charge is 0.373 e. The molecule has 0 unspecified atom stereocenters. The van der Waals surface area contributed by atoms with E-state index in [1.807, 2.05) is 66.7 Å². The van der Waals surface area contributed by atoms with Crippen LogP contribution in [0.2, 0.25) is 0 Å². The van der Waals surface area contributed by atoms with E-state index in [9.17, 15) is 4.39 Å². The summed E-state index contributed by atoms with van der Waals surface area (Å²) in [4.78, 5) is 21.1. The minimum absolute atomic E-state index is 0.250. The van der Waals surface area contributed by atoms with E-state index in [0.29, 0.717) is 17.3 Å². The Kier molecular flexibility index (Phi) is 6.59. The molecule has 0 saturated carbocycles. The van der Waals surface area contributed by atoms with Crippen LogP contribution < -0.4 is 0 Å². The number of benzene rings is 4. The normalized spacial score (nSPS) is 10.1. The van der Waals surface area contributed by atoms with Gasteiger partial charge < -0.3 is 0 Å². The minimum atomic E-state index is -0.311. The monoisotopic (exact) mass is 435 g/mol. The molecule has 6 heteroatoms. The van der Waals surface area contributed by atoms with Crippen molar-refractivity contribution < 1.29 is 14.0 Å². The first-order valence-corrected chi connectivity index (χ1v) is 10.1. The molecule has 1 heterocycles. The summed E-state index contributed by atoms with van der Waals surface area (Å²) in [5.74, 6) is 0.951. The quantitative estimate of drug-likeness (QED) is 0.357. The summed E-state index contributed by atoms with van der Waals surface area (Å²) >= 11 is 0. The molecule has 0 spiro atoms. The van der Waals surface area contributed by atoms with Crippen LogP contribution >= 0.6 is 0 Å². The Morgan fingerprint density at radius 3 is 1.88 bits per heavy atom. The van der Waals surface area contributed by atoms with Gasteiger partial charge in [0.25, 0.3) is 0 Å². The molecule has 1 aromatic heterocycles. The van der Waals surface area contributed by atoms with Gasteiger partial charge in [-0.15, -0.1) is 5.10 Å². The van der Waals surface area contributed by atoms with Crippen molar-refractivity contribution in [2.24, 2.45) is 0 Å². The van der Waals surface area contributed by atoms with E-state index in [4.69, 9.17) is 19.7 Å². The molecule has 0 N–H and O–H groups in total. The average molecular weight is 435 g/mol. The second kappa shape index (κ2) is 10.1. The zero-order chi connectivity index (χ0) is 23.0. The van der Waals surface area contributed by atoms with E-state index in [2.05, 4.69) is 24.3 Å². The van der Waals surface area contributed by atoms with Gasteiger partial charge in [-0.25, -0.2) is 14.1 Å². The predicted octanol–water partition coefficient (Wildman–Crippen LogP) is 5.82. The number of carbonyl (C=O) groups excluding carboxylic acids is 2. The maximum Gasteiger partial charge on any atom is 0.373 e. The topological polar surface area (TPSA) is 64.8 Å². The van der Waals surface area contributed by atoms with Crippen molar-refractivity contribution in [2.75, 3.05) is 0 Å². The molecule has 0 atom stereocenters. The Hall–Kier alpha value is -4.67. The van der Waals surface area contributed by atoms with Gasteiger partial charge in [-0.2, -0.15) is 9.59 Å². The van der Waals surface area contributed by atoms with Crippen molar-refractivity contribution >= 4 is 6.15 Å². The number of nitrogens with zero attached hydrogens (tertiary/aromatic N) is 3. The molecule has 5 nitrogen and oxygen atoms in total. The predicted molar refractivity (Wildman–Crippen MR) is 123 cm³/mol. The van der Waals surface area contributed by atoms with Crippen LogP contribution in [-0.2, 0) is 9.59 Å². The third kappa shape index (κ3) is 4.98. The highest BCUT2D eigenvalue weighted by molar-refractivity contribution is 5.71. The lowest BCUT2D eigenvalue weighted by atomic mass is 10.0. The lowest BCUT2D eigenvalue weighted by Crippen LogP contribution is -2.00. The molecule has 0 radical (unpaired) electrons. The Balaban J connectivity index is 0.000000821. The molecule has 4 aromatic carbocycles. The second-order valence-corrected chi connectivity index (χ2v) is 7.05. The van der Waals surface area contributed by atoms with Crippen LogP contribution in [0.5, 0.6) is 0 Å². The summed E-state index contributed by atoms with van der Waals surface area (Å²) in [7, 11) is 0. The molecule has 0 bridgehead atoms. The van der Waals surface area contributed by atoms with Crippen molar-refractivity contribution in [3.05, 3.63) is 115 Å². The molecular formula is C27H18FN3O2. The highest BCUT2D eigenvalue weighted by Gasteiger charge is 2.15. The van der Waals surface area contributed by atoms with Crippen molar-refractivity contribution in [2.45, 2.75) is 0 Å².